The van der Waals surface area contributed by atoms with Gasteiger partial charge in [-0.25, -0.2) is 0 Å². The van der Waals surface area contributed by atoms with Gasteiger partial charge in [0.05, 0.1) is 0 Å². The van der Waals surface area contributed by atoms with E-state index in [9.17, 15) is 9.59 Å². The van der Waals surface area contributed by atoms with Gasteiger partial charge < -0.3 is 4.42 Å². The average molecular weight is 405 g/mol. The molecule has 1 heterocycles. The largest absolute Gasteiger partial charge is 0.462 e. The molecule has 146 valence electrons. The number of carbonyl (C=O) groups is 2. The second kappa shape index (κ2) is 9.48. The van der Waals surface area contributed by atoms with Crippen LogP contribution in [0.4, 0.5) is 0 Å². The first-order chi connectivity index (χ1) is 14.0. The van der Waals surface area contributed by atoms with E-state index in [0.717, 1.165) is 16.9 Å². The number of carbonyl (C=O) groups excluding carboxylic acids is 2. The van der Waals surface area contributed by atoms with Crippen LogP contribution in [0.3, 0.4) is 0 Å². The summed E-state index contributed by atoms with van der Waals surface area (Å²) in [5, 5.41) is 2.41. The Kier molecular flexibility index (Phi) is 6.55. The van der Waals surface area contributed by atoms with Crippen molar-refractivity contribution in [2.24, 2.45) is 0 Å². The number of aryl methyl sites for hydroxylation is 1. The Labute approximate surface area is 173 Å². The molecule has 2 aromatic carbocycles. The second-order valence-corrected chi connectivity index (χ2v) is 6.53. The van der Waals surface area contributed by atoms with Gasteiger partial charge in [-0.3, -0.25) is 25.8 Å². The lowest BCUT2D eigenvalue weighted by atomic mass is 10.0. The van der Waals surface area contributed by atoms with Crippen LogP contribution in [0.15, 0.2) is 77.2 Å². The summed E-state index contributed by atoms with van der Waals surface area (Å²) in [4.78, 5) is 24.1. The Morgan fingerprint density at radius 1 is 0.897 bits per heavy atom. The maximum Gasteiger partial charge on any atom is 0.269 e. The Morgan fingerprint density at radius 2 is 1.59 bits per heavy atom. The third kappa shape index (κ3) is 5.88. The molecular formula is C22H19N3O3S. The quantitative estimate of drug-likeness (QED) is 0.351. The molecule has 0 unspecified atom stereocenters. The van der Waals surface area contributed by atoms with E-state index in [1.54, 1.807) is 24.3 Å². The van der Waals surface area contributed by atoms with E-state index in [4.69, 9.17) is 16.6 Å². The molecule has 0 aliphatic carbocycles. The fourth-order valence-electron chi connectivity index (χ4n) is 2.52. The van der Waals surface area contributed by atoms with Crippen molar-refractivity contribution in [1.29, 1.82) is 0 Å². The summed E-state index contributed by atoms with van der Waals surface area (Å²) in [5.41, 5.74) is 7.49. The standard InChI is InChI=1S/C22H19N3O3S/c1-15-7-12-19(28-15)13-14-20(26)23-22(29)25-24-21(27)18-10-8-17(9-11-18)16-5-3-2-4-6-16/h2-14H,1H3,(H,24,27)(H2,23,25,26,29). The lowest BCUT2D eigenvalue weighted by Gasteiger charge is -2.10. The fraction of sp³-hybridized carbons (Fsp3) is 0.0455. The van der Waals surface area contributed by atoms with Gasteiger partial charge in [0.1, 0.15) is 11.5 Å². The van der Waals surface area contributed by atoms with Crippen molar-refractivity contribution in [2.75, 3.05) is 0 Å². The lowest BCUT2D eigenvalue weighted by Crippen LogP contribution is -2.48. The van der Waals surface area contributed by atoms with Crippen molar-refractivity contribution >= 4 is 35.2 Å². The van der Waals surface area contributed by atoms with E-state index in [2.05, 4.69) is 16.2 Å². The number of amides is 2. The predicted octanol–water partition coefficient (Wildman–Crippen LogP) is 3.60. The van der Waals surface area contributed by atoms with Crippen molar-refractivity contribution in [3.63, 3.8) is 0 Å². The zero-order valence-electron chi connectivity index (χ0n) is 15.6. The maximum atomic E-state index is 12.2. The summed E-state index contributed by atoms with van der Waals surface area (Å²) in [6.07, 6.45) is 2.81. The first-order valence-electron chi connectivity index (χ1n) is 8.82. The summed E-state index contributed by atoms with van der Waals surface area (Å²) in [5.74, 6) is 0.492. The SMILES string of the molecule is Cc1ccc(C=CC(=O)NC(=S)NNC(=O)c2ccc(-c3ccccc3)cc2)o1. The summed E-state index contributed by atoms with van der Waals surface area (Å²) < 4.78 is 5.33. The minimum absolute atomic E-state index is 0.0236. The van der Waals surface area contributed by atoms with Crippen LogP contribution in [0.1, 0.15) is 21.9 Å². The molecule has 0 fully saturated rings. The molecule has 1 aromatic heterocycles. The van der Waals surface area contributed by atoms with Gasteiger partial charge in [-0.2, -0.15) is 0 Å². The number of hydrogen-bond acceptors (Lipinski definition) is 4. The molecule has 2 amide bonds. The van der Waals surface area contributed by atoms with E-state index in [1.807, 2.05) is 49.4 Å². The smallest absolute Gasteiger partial charge is 0.269 e. The van der Waals surface area contributed by atoms with Crippen LogP contribution >= 0.6 is 12.2 Å². The Morgan fingerprint density at radius 3 is 2.24 bits per heavy atom. The molecule has 0 spiro atoms. The fourth-order valence-corrected chi connectivity index (χ4v) is 2.67. The van der Waals surface area contributed by atoms with Gasteiger partial charge in [-0.1, -0.05) is 42.5 Å². The molecule has 3 rings (SSSR count). The van der Waals surface area contributed by atoms with Crippen LogP contribution in [0, 0.1) is 6.92 Å². The van der Waals surface area contributed by atoms with Crippen molar-refractivity contribution < 1.29 is 14.0 Å². The highest BCUT2D eigenvalue weighted by molar-refractivity contribution is 7.80. The average Bonchev–Trinajstić information content (AvgIpc) is 3.16. The number of thiocarbonyl (C=S) groups is 1. The molecule has 0 aliphatic rings. The van der Waals surface area contributed by atoms with Crippen LogP contribution in [0.5, 0.6) is 0 Å². The zero-order chi connectivity index (χ0) is 20.6. The van der Waals surface area contributed by atoms with Crippen molar-refractivity contribution in [3.8, 4) is 11.1 Å². The monoisotopic (exact) mass is 405 g/mol. The summed E-state index contributed by atoms with van der Waals surface area (Å²) in [7, 11) is 0. The minimum atomic E-state index is -0.446. The van der Waals surface area contributed by atoms with E-state index >= 15 is 0 Å². The minimum Gasteiger partial charge on any atom is -0.462 e. The lowest BCUT2D eigenvalue weighted by molar-refractivity contribution is -0.115. The molecule has 0 aliphatic heterocycles. The molecule has 29 heavy (non-hydrogen) atoms. The zero-order valence-corrected chi connectivity index (χ0v) is 16.5. The van der Waals surface area contributed by atoms with Crippen LogP contribution in [0.2, 0.25) is 0 Å². The predicted molar refractivity (Wildman–Crippen MR) is 116 cm³/mol. The molecule has 3 aromatic rings. The third-order valence-corrected chi connectivity index (χ3v) is 4.14. The summed E-state index contributed by atoms with van der Waals surface area (Å²) in [6, 6.07) is 20.6. The van der Waals surface area contributed by atoms with Gasteiger partial charge in [0.2, 0.25) is 5.91 Å². The van der Waals surface area contributed by atoms with E-state index in [0.29, 0.717) is 11.3 Å². The van der Waals surface area contributed by atoms with Gasteiger partial charge in [-0.05, 0) is 60.6 Å². The molecule has 0 saturated carbocycles. The maximum absolute atomic E-state index is 12.2. The van der Waals surface area contributed by atoms with Crippen molar-refractivity contribution in [1.82, 2.24) is 16.2 Å². The molecule has 6 nitrogen and oxygen atoms in total. The number of nitrogens with one attached hydrogen (secondary N) is 3. The first kappa shape index (κ1) is 20.0. The van der Waals surface area contributed by atoms with Gasteiger partial charge in [0, 0.05) is 11.6 Å². The van der Waals surface area contributed by atoms with E-state index in [-0.39, 0.29) is 11.0 Å². The van der Waals surface area contributed by atoms with E-state index < -0.39 is 5.91 Å². The molecular weight excluding hydrogens is 386 g/mol. The number of furan rings is 1. The summed E-state index contributed by atoms with van der Waals surface area (Å²) in [6.45, 7) is 1.81. The Balaban J connectivity index is 1.47. The number of rotatable bonds is 4. The Hall–Kier alpha value is -3.71. The molecule has 0 radical (unpaired) electrons. The molecule has 0 bridgehead atoms. The van der Waals surface area contributed by atoms with Crippen LogP contribution < -0.4 is 16.2 Å². The van der Waals surface area contributed by atoms with E-state index in [1.165, 1.54) is 12.2 Å². The van der Waals surface area contributed by atoms with Crippen LogP contribution in [0.25, 0.3) is 17.2 Å². The third-order valence-electron chi connectivity index (χ3n) is 3.94. The van der Waals surface area contributed by atoms with Gasteiger partial charge in [0.15, 0.2) is 5.11 Å². The highest BCUT2D eigenvalue weighted by Crippen LogP contribution is 2.19. The van der Waals surface area contributed by atoms with Crippen LogP contribution in [-0.2, 0) is 4.79 Å². The number of hydrazine groups is 1. The topological polar surface area (TPSA) is 83.4 Å². The van der Waals surface area contributed by atoms with Gasteiger partial charge in [-0.15, -0.1) is 0 Å². The van der Waals surface area contributed by atoms with Crippen molar-refractivity contribution in [2.45, 2.75) is 6.92 Å². The Bertz CT molecular complexity index is 1040. The molecule has 0 saturated heterocycles. The van der Waals surface area contributed by atoms with Gasteiger partial charge in [0.25, 0.3) is 5.91 Å². The number of hydrogen-bond donors (Lipinski definition) is 3. The van der Waals surface area contributed by atoms with Crippen molar-refractivity contribution in [3.05, 3.63) is 89.9 Å². The first-order valence-corrected chi connectivity index (χ1v) is 9.23. The number of benzene rings is 2. The van der Waals surface area contributed by atoms with Crippen LogP contribution in [-0.4, -0.2) is 16.9 Å². The molecule has 7 heteroatoms. The van der Waals surface area contributed by atoms with Gasteiger partial charge >= 0.3 is 0 Å². The highest BCUT2D eigenvalue weighted by Gasteiger charge is 2.07. The second-order valence-electron chi connectivity index (χ2n) is 6.12. The summed E-state index contributed by atoms with van der Waals surface area (Å²) >= 11 is 5.00. The molecule has 3 N–H and O–H groups in total. The molecule has 0 atom stereocenters. The normalized spacial score (nSPS) is 10.5. The highest BCUT2D eigenvalue weighted by atomic mass is 32.1.